The summed E-state index contributed by atoms with van der Waals surface area (Å²) in [4.78, 5) is 25.5. The second kappa shape index (κ2) is 7.84. The average molecular weight is 366 g/mol. The molecule has 1 heterocycles. The lowest BCUT2D eigenvalue weighted by Gasteiger charge is -2.15. The summed E-state index contributed by atoms with van der Waals surface area (Å²) in [5.41, 5.74) is 7.19. The maximum atomic E-state index is 12.5. The lowest BCUT2D eigenvalue weighted by molar-refractivity contribution is -0.119. The molecule has 2 amide bonds. The lowest BCUT2D eigenvalue weighted by Crippen LogP contribution is -2.45. The van der Waals surface area contributed by atoms with E-state index in [2.05, 4.69) is 5.32 Å². The molecule has 3 rings (SSSR count). The van der Waals surface area contributed by atoms with E-state index in [4.69, 9.17) is 5.73 Å². The number of carbonyl (C=O) groups excluding carboxylic acids is 2. The molecule has 0 saturated carbocycles. The molecule has 1 unspecified atom stereocenters. The first-order valence-corrected chi connectivity index (χ1v) is 8.88. The van der Waals surface area contributed by atoms with Crippen LogP contribution in [0.25, 0.3) is 10.4 Å². The van der Waals surface area contributed by atoms with Gasteiger partial charge in [0.1, 0.15) is 11.8 Å². The topological polar surface area (TPSA) is 92.4 Å². The molecular formula is C20H18N2O3S. The van der Waals surface area contributed by atoms with E-state index in [0.717, 1.165) is 16.0 Å². The van der Waals surface area contributed by atoms with E-state index in [1.54, 1.807) is 24.3 Å². The van der Waals surface area contributed by atoms with Crippen LogP contribution in [0.3, 0.4) is 0 Å². The Morgan fingerprint density at radius 3 is 2.50 bits per heavy atom. The fourth-order valence-electron chi connectivity index (χ4n) is 2.58. The normalized spacial score (nSPS) is 11.7. The van der Waals surface area contributed by atoms with Gasteiger partial charge in [-0.25, -0.2) is 0 Å². The molecule has 0 spiro atoms. The molecule has 0 aliphatic rings. The number of phenols is 1. The summed E-state index contributed by atoms with van der Waals surface area (Å²) in [5.74, 6) is -0.758. The van der Waals surface area contributed by atoms with E-state index >= 15 is 0 Å². The number of rotatable bonds is 6. The third-order valence-electron chi connectivity index (χ3n) is 3.89. The smallest absolute Gasteiger partial charge is 0.262 e. The van der Waals surface area contributed by atoms with Crippen molar-refractivity contribution in [3.63, 3.8) is 0 Å². The van der Waals surface area contributed by atoms with Crippen molar-refractivity contribution in [2.75, 3.05) is 0 Å². The number of amides is 2. The zero-order valence-corrected chi connectivity index (χ0v) is 14.7. The molecule has 4 N–H and O–H groups in total. The predicted octanol–water partition coefficient (Wildman–Crippen LogP) is 2.95. The van der Waals surface area contributed by atoms with Crippen LogP contribution in [0, 0.1) is 0 Å². The van der Waals surface area contributed by atoms with Gasteiger partial charge in [0.05, 0.1) is 4.88 Å². The fraction of sp³-hybridized carbons (Fsp3) is 0.100. The number of primary amides is 1. The van der Waals surface area contributed by atoms with Crippen LogP contribution in [0.2, 0.25) is 0 Å². The van der Waals surface area contributed by atoms with E-state index in [0.29, 0.717) is 11.3 Å². The number of hydrogen-bond acceptors (Lipinski definition) is 4. The number of carbonyl (C=O) groups is 2. The molecule has 2 aromatic carbocycles. The Labute approximate surface area is 155 Å². The SMILES string of the molecule is NC(=O)C(Cc1ccccc1)NC(=O)c1ccc(-c2cccc(O)c2)s1. The van der Waals surface area contributed by atoms with Crippen molar-refractivity contribution in [2.24, 2.45) is 5.73 Å². The Kier molecular flexibility index (Phi) is 5.34. The summed E-state index contributed by atoms with van der Waals surface area (Å²) >= 11 is 1.29. The highest BCUT2D eigenvalue weighted by atomic mass is 32.1. The highest BCUT2D eigenvalue weighted by Crippen LogP contribution is 2.30. The van der Waals surface area contributed by atoms with E-state index in [1.165, 1.54) is 11.3 Å². The number of benzene rings is 2. The third-order valence-corrected chi connectivity index (χ3v) is 5.02. The zero-order valence-electron chi connectivity index (χ0n) is 13.9. The summed E-state index contributed by atoms with van der Waals surface area (Å²) in [5, 5.41) is 12.3. The molecule has 0 bridgehead atoms. The first kappa shape index (κ1) is 17.7. The van der Waals surface area contributed by atoms with Crippen molar-refractivity contribution in [1.82, 2.24) is 5.32 Å². The Hall–Kier alpha value is -3.12. The van der Waals surface area contributed by atoms with Crippen molar-refractivity contribution >= 4 is 23.2 Å². The van der Waals surface area contributed by atoms with Gasteiger partial charge < -0.3 is 16.2 Å². The average Bonchev–Trinajstić information content (AvgIpc) is 3.12. The molecular weight excluding hydrogens is 348 g/mol. The van der Waals surface area contributed by atoms with Gasteiger partial charge in [0.25, 0.3) is 5.91 Å². The molecule has 132 valence electrons. The monoisotopic (exact) mass is 366 g/mol. The molecule has 1 atom stereocenters. The summed E-state index contributed by atoms with van der Waals surface area (Å²) in [6.07, 6.45) is 0.340. The number of phenolic OH excluding ortho intramolecular Hbond substituents is 1. The van der Waals surface area contributed by atoms with Crippen molar-refractivity contribution in [2.45, 2.75) is 12.5 Å². The maximum absolute atomic E-state index is 12.5. The maximum Gasteiger partial charge on any atom is 0.262 e. The third kappa shape index (κ3) is 4.29. The van der Waals surface area contributed by atoms with Crippen LogP contribution in [-0.4, -0.2) is 23.0 Å². The van der Waals surface area contributed by atoms with Gasteiger partial charge in [-0.3, -0.25) is 9.59 Å². The highest BCUT2D eigenvalue weighted by Gasteiger charge is 2.20. The van der Waals surface area contributed by atoms with Gasteiger partial charge in [-0.2, -0.15) is 0 Å². The van der Waals surface area contributed by atoms with Crippen LogP contribution >= 0.6 is 11.3 Å². The minimum Gasteiger partial charge on any atom is -0.508 e. The Morgan fingerprint density at radius 2 is 1.81 bits per heavy atom. The molecule has 0 aliphatic heterocycles. The van der Waals surface area contributed by atoms with Crippen LogP contribution in [0.15, 0.2) is 66.7 Å². The Bertz CT molecular complexity index is 922. The zero-order chi connectivity index (χ0) is 18.5. The first-order valence-electron chi connectivity index (χ1n) is 8.06. The van der Waals surface area contributed by atoms with Crippen LogP contribution in [0.5, 0.6) is 5.75 Å². The van der Waals surface area contributed by atoms with Crippen LogP contribution < -0.4 is 11.1 Å². The second-order valence-electron chi connectivity index (χ2n) is 5.83. The summed E-state index contributed by atoms with van der Waals surface area (Å²) < 4.78 is 0. The summed E-state index contributed by atoms with van der Waals surface area (Å²) in [6.45, 7) is 0. The first-order chi connectivity index (χ1) is 12.5. The number of nitrogens with two attached hydrogens (primary N) is 1. The van der Waals surface area contributed by atoms with Crippen molar-refractivity contribution in [3.8, 4) is 16.2 Å². The number of hydrogen-bond donors (Lipinski definition) is 3. The van der Waals surface area contributed by atoms with E-state index in [1.807, 2.05) is 42.5 Å². The lowest BCUT2D eigenvalue weighted by atomic mass is 10.1. The minimum absolute atomic E-state index is 0.165. The standard InChI is InChI=1S/C20H18N2O3S/c21-19(24)16(11-13-5-2-1-3-6-13)22-20(25)18-10-9-17(26-18)14-7-4-8-15(23)12-14/h1-10,12,16,23H,11H2,(H2,21,24)(H,22,25). The van der Waals surface area contributed by atoms with Gasteiger partial charge in [-0.15, -0.1) is 11.3 Å². The molecule has 26 heavy (non-hydrogen) atoms. The molecule has 0 aliphatic carbocycles. The van der Waals surface area contributed by atoms with Gasteiger partial charge in [0.2, 0.25) is 5.91 Å². The quantitative estimate of drug-likeness (QED) is 0.626. The van der Waals surface area contributed by atoms with Crippen molar-refractivity contribution in [1.29, 1.82) is 0 Å². The van der Waals surface area contributed by atoms with Gasteiger partial charge in [-0.1, -0.05) is 42.5 Å². The fourth-order valence-corrected chi connectivity index (χ4v) is 3.48. The highest BCUT2D eigenvalue weighted by molar-refractivity contribution is 7.17. The molecule has 0 radical (unpaired) electrons. The number of thiophene rings is 1. The van der Waals surface area contributed by atoms with Crippen LogP contribution in [-0.2, 0) is 11.2 Å². The van der Waals surface area contributed by atoms with E-state index < -0.39 is 11.9 Å². The van der Waals surface area contributed by atoms with Crippen LogP contribution in [0.4, 0.5) is 0 Å². The Balaban J connectivity index is 1.73. The molecule has 5 nitrogen and oxygen atoms in total. The molecule has 0 fully saturated rings. The van der Waals surface area contributed by atoms with Crippen molar-refractivity contribution < 1.29 is 14.7 Å². The van der Waals surface area contributed by atoms with E-state index in [-0.39, 0.29) is 11.7 Å². The molecule has 6 heteroatoms. The predicted molar refractivity (Wildman–Crippen MR) is 102 cm³/mol. The Morgan fingerprint density at radius 1 is 1.04 bits per heavy atom. The minimum atomic E-state index is -0.781. The molecule has 3 aromatic rings. The van der Waals surface area contributed by atoms with Gasteiger partial charge in [-0.05, 0) is 35.4 Å². The van der Waals surface area contributed by atoms with Gasteiger partial charge >= 0.3 is 0 Å². The van der Waals surface area contributed by atoms with Gasteiger partial charge in [0.15, 0.2) is 0 Å². The number of aromatic hydroxyl groups is 1. The molecule has 0 saturated heterocycles. The second-order valence-corrected chi connectivity index (χ2v) is 6.92. The number of nitrogens with one attached hydrogen (secondary N) is 1. The van der Waals surface area contributed by atoms with Crippen LogP contribution in [0.1, 0.15) is 15.2 Å². The summed E-state index contributed by atoms with van der Waals surface area (Å²) in [6, 6.07) is 18.9. The van der Waals surface area contributed by atoms with Gasteiger partial charge in [0, 0.05) is 11.3 Å². The molecule has 1 aromatic heterocycles. The summed E-state index contributed by atoms with van der Waals surface area (Å²) in [7, 11) is 0. The van der Waals surface area contributed by atoms with Crippen molar-refractivity contribution in [3.05, 3.63) is 77.2 Å². The largest absolute Gasteiger partial charge is 0.508 e. The van der Waals surface area contributed by atoms with E-state index in [9.17, 15) is 14.7 Å².